The van der Waals surface area contributed by atoms with E-state index in [2.05, 4.69) is 5.32 Å². The quantitative estimate of drug-likeness (QED) is 0.840. The Morgan fingerprint density at radius 1 is 1.05 bits per heavy atom. The molecule has 1 amide bonds. The van der Waals surface area contributed by atoms with Gasteiger partial charge in [0.2, 0.25) is 0 Å². The SMILES string of the molecule is CCOC(=O)NC12CC3C[C@@H]4C5CC(C[C@@H]1[C@H]5C3)C[C@@H]42. The Bertz CT molecular complexity index is 438. The molecule has 0 spiro atoms. The van der Waals surface area contributed by atoms with E-state index in [1.54, 1.807) is 0 Å². The van der Waals surface area contributed by atoms with E-state index in [4.69, 9.17) is 4.74 Å². The summed E-state index contributed by atoms with van der Waals surface area (Å²) in [4.78, 5) is 12.1. The van der Waals surface area contributed by atoms with E-state index in [-0.39, 0.29) is 11.6 Å². The lowest BCUT2D eigenvalue weighted by atomic mass is 9.33. The largest absolute Gasteiger partial charge is 0.450 e. The van der Waals surface area contributed by atoms with Crippen molar-refractivity contribution in [2.75, 3.05) is 6.61 Å². The third-order valence-corrected chi connectivity index (χ3v) is 7.68. The zero-order valence-electron chi connectivity index (χ0n) is 12.3. The van der Waals surface area contributed by atoms with Crippen LogP contribution in [0.1, 0.15) is 45.4 Å². The van der Waals surface area contributed by atoms with Gasteiger partial charge in [-0.3, -0.25) is 0 Å². The van der Waals surface area contributed by atoms with E-state index < -0.39 is 0 Å². The molecule has 0 aromatic heterocycles. The van der Waals surface area contributed by atoms with Gasteiger partial charge in [-0.05, 0) is 86.9 Å². The number of hydrogen-bond acceptors (Lipinski definition) is 2. The summed E-state index contributed by atoms with van der Waals surface area (Å²) < 4.78 is 5.23. The molecular formula is C17H25NO2. The van der Waals surface area contributed by atoms with Gasteiger partial charge in [-0.15, -0.1) is 0 Å². The van der Waals surface area contributed by atoms with Crippen molar-refractivity contribution < 1.29 is 9.53 Å². The monoisotopic (exact) mass is 275 g/mol. The lowest BCUT2D eigenvalue weighted by molar-refractivity contribution is -0.223. The first-order valence-electron chi connectivity index (χ1n) is 8.66. The highest BCUT2D eigenvalue weighted by Gasteiger charge is 2.70. The fourth-order valence-electron chi connectivity index (χ4n) is 7.55. The van der Waals surface area contributed by atoms with Crippen molar-refractivity contribution in [3.8, 4) is 0 Å². The summed E-state index contributed by atoms with van der Waals surface area (Å²) in [5.41, 5.74) is 0.121. The van der Waals surface area contributed by atoms with E-state index in [0.717, 1.165) is 41.4 Å². The van der Waals surface area contributed by atoms with Gasteiger partial charge in [0.15, 0.2) is 0 Å². The van der Waals surface area contributed by atoms with Crippen LogP contribution in [0, 0.1) is 41.4 Å². The standard InChI is InChI=1S/C17H25NO2/c1-2-20-16(19)18-17-8-10-4-12-11-3-9(6-14(12)17)7-15(17)13(11)5-10/h9-15H,2-8H2,1H3,(H,18,19)/t9?,10?,11?,12-,13+,14+,15-,17?. The fraction of sp³-hybridized carbons (Fsp3) is 0.941. The highest BCUT2D eigenvalue weighted by Crippen LogP contribution is 2.72. The number of amides is 1. The van der Waals surface area contributed by atoms with Crippen LogP contribution in [0.4, 0.5) is 4.79 Å². The Labute approximate surface area is 120 Å². The fourth-order valence-corrected chi connectivity index (χ4v) is 7.55. The molecular weight excluding hydrogens is 250 g/mol. The third kappa shape index (κ3) is 1.26. The van der Waals surface area contributed by atoms with Gasteiger partial charge in [-0.2, -0.15) is 0 Å². The molecule has 0 heterocycles. The summed E-state index contributed by atoms with van der Waals surface area (Å²) in [6, 6.07) is 0. The second kappa shape index (κ2) is 3.72. The van der Waals surface area contributed by atoms with Crippen molar-refractivity contribution in [1.29, 1.82) is 0 Å². The van der Waals surface area contributed by atoms with Crippen molar-refractivity contribution in [3.05, 3.63) is 0 Å². The maximum Gasteiger partial charge on any atom is 0.407 e. The molecule has 3 nitrogen and oxygen atoms in total. The lowest BCUT2D eigenvalue weighted by Gasteiger charge is -2.74. The number of nitrogens with one attached hydrogen (secondary N) is 1. The summed E-state index contributed by atoms with van der Waals surface area (Å²) in [5, 5.41) is 3.41. The zero-order chi connectivity index (χ0) is 13.5. The topological polar surface area (TPSA) is 38.3 Å². The van der Waals surface area contributed by atoms with E-state index >= 15 is 0 Å². The molecule has 0 saturated heterocycles. The Kier molecular flexibility index (Phi) is 2.21. The summed E-state index contributed by atoms with van der Waals surface area (Å²) in [6.45, 7) is 2.38. The molecule has 7 fully saturated rings. The minimum absolute atomic E-state index is 0.121. The van der Waals surface area contributed by atoms with E-state index in [1.807, 2.05) is 6.92 Å². The first-order chi connectivity index (χ1) is 9.71. The Morgan fingerprint density at radius 2 is 1.70 bits per heavy atom. The van der Waals surface area contributed by atoms with Crippen LogP contribution in [0.15, 0.2) is 0 Å². The maximum absolute atomic E-state index is 12.1. The Balaban J connectivity index is 1.54. The molecule has 7 aliphatic carbocycles. The summed E-state index contributed by atoms with van der Waals surface area (Å²) >= 11 is 0. The predicted molar refractivity (Wildman–Crippen MR) is 75.0 cm³/mol. The molecule has 20 heavy (non-hydrogen) atoms. The van der Waals surface area contributed by atoms with Gasteiger partial charge >= 0.3 is 6.09 Å². The number of carbonyl (C=O) groups is 1. The molecule has 7 aliphatic rings. The molecule has 4 unspecified atom stereocenters. The highest BCUT2D eigenvalue weighted by atomic mass is 16.5. The van der Waals surface area contributed by atoms with Crippen LogP contribution in [0.5, 0.6) is 0 Å². The lowest BCUT2D eigenvalue weighted by Crippen LogP contribution is -2.76. The van der Waals surface area contributed by atoms with Crippen molar-refractivity contribution in [1.82, 2.24) is 5.32 Å². The highest BCUT2D eigenvalue weighted by molar-refractivity contribution is 5.68. The molecule has 110 valence electrons. The maximum atomic E-state index is 12.1. The number of rotatable bonds is 2. The van der Waals surface area contributed by atoms with Crippen LogP contribution in [0.25, 0.3) is 0 Å². The van der Waals surface area contributed by atoms with Gasteiger partial charge in [0.05, 0.1) is 6.61 Å². The third-order valence-electron chi connectivity index (χ3n) is 7.68. The minimum atomic E-state index is -0.153. The predicted octanol–water partition coefficient (Wildman–Crippen LogP) is 3.19. The molecule has 0 aromatic rings. The van der Waals surface area contributed by atoms with Crippen LogP contribution in [-0.4, -0.2) is 18.2 Å². The van der Waals surface area contributed by atoms with E-state index in [1.165, 1.54) is 38.5 Å². The average Bonchev–Trinajstić information content (AvgIpc) is 2.44. The number of alkyl carbamates (subject to hydrolysis) is 1. The zero-order valence-corrected chi connectivity index (χ0v) is 12.3. The minimum Gasteiger partial charge on any atom is -0.450 e. The van der Waals surface area contributed by atoms with Gasteiger partial charge in [0.1, 0.15) is 0 Å². The smallest absolute Gasteiger partial charge is 0.407 e. The summed E-state index contributed by atoms with van der Waals surface area (Å²) in [5.74, 6) is 6.22. The molecule has 3 heteroatoms. The van der Waals surface area contributed by atoms with E-state index in [0.29, 0.717) is 6.61 Å². The van der Waals surface area contributed by atoms with Crippen LogP contribution in [0.2, 0.25) is 0 Å². The second-order valence-electron chi connectivity index (χ2n) is 8.21. The number of hydrogen-bond donors (Lipinski definition) is 1. The van der Waals surface area contributed by atoms with Gasteiger partial charge in [0, 0.05) is 5.54 Å². The Morgan fingerprint density at radius 3 is 2.35 bits per heavy atom. The number of carbonyl (C=O) groups excluding carboxylic acids is 1. The van der Waals surface area contributed by atoms with Crippen LogP contribution < -0.4 is 5.32 Å². The first-order valence-corrected chi connectivity index (χ1v) is 8.66. The molecule has 7 saturated carbocycles. The van der Waals surface area contributed by atoms with Gasteiger partial charge in [-0.1, -0.05) is 0 Å². The van der Waals surface area contributed by atoms with Gasteiger partial charge in [0.25, 0.3) is 0 Å². The summed E-state index contributed by atoms with van der Waals surface area (Å²) in [7, 11) is 0. The molecule has 1 N–H and O–H groups in total. The normalized spacial score (nSPS) is 57.1. The molecule has 0 aliphatic heterocycles. The molecule has 8 bridgehead atoms. The molecule has 8 atom stereocenters. The second-order valence-corrected chi connectivity index (χ2v) is 8.21. The van der Waals surface area contributed by atoms with Gasteiger partial charge in [-0.25, -0.2) is 4.79 Å². The first kappa shape index (κ1) is 11.9. The summed E-state index contributed by atoms with van der Waals surface area (Å²) in [6.07, 6.45) is 8.26. The number of ether oxygens (including phenoxy) is 1. The molecule has 7 rings (SSSR count). The molecule has 0 aromatic carbocycles. The van der Waals surface area contributed by atoms with Crippen molar-refractivity contribution in [2.24, 2.45) is 41.4 Å². The van der Waals surface area contributed by atoms with Crippen molar-refractivity contribution in [3.63, 3.8) is 0 Å². The van der Waals surface area contributed by atoms with E-state index in [9.17, 15) is 4.79 Å². The van der Waals surface area contributed by atoms with Crippen molar-refractivity contribution in [2.45, 2.75) is 51.0 Å². The Hall–Kier alpha value is -0.730. The van der Waals surface area contributed by atoms with Gasteiger partial charge < -0.3 is 10.1 Å². The van der Waals surface area contributed by atoms with Crippen LogP contribution >= 0.6 is 0 Å². The van der Waals surface area contributed by atoms with Crippen molar-refractivity contribution >= 4 is 6.09 Å². The average molecular weight is 275 g/mol. The van der Waals surface area contributed by atoms with Crippen LogP contribution in [-0.2, 0) is 4.74 Å². The van der Waals surface area contributed by atoms with Crippen LogP contribution in [0.3, 0.4) is 0 Å². The molecule has 0 radical (unpaired) electrons.